The van der Waals surface area contributed by atoms with E-state index < -0.39 is 0 Å². The Morgan fingerprint density at radius 2 is 2.25 bits per heavy atom. The van der Waals surface area contributed by atoms with Crippen LogP contribution in [-0.4, -0.2) is 42.3 Å². The van der Waals surface area contributed by atoms with E-state index in [1.807, 2.05) is 30.5 Å². The van der Waals surface area contributed by atoms with Crippen LogP contribution in [0.3, 0.4) is 0 Å². The highest BCUT2D eigenvalue weighted by Crippen LogP contribution is 2.28. The average molecular weight is 364 g/mol. The summed E-state index contributed by atoms with van der Waals surface area (Å²) in [5.41, 5.74) is 2.03. The van der Waals surface area contributed by atoms with Gasteiger partial charge in [-0.25, -0.2) is 4.98 Å². The van der Waals surface area contributed by atoms with E-state index in [2.05, 4.69) is 20.4 Å². The number of piperidine rings is 1. The van der Waals surface area contributed by atoms with Crippen LogP contribution in [-0.2, 0) is 4.84 Å². The second kappa shape index (κ2) is 8.60. The zero-order chi connectivity index (χ0) is 16.8. The Kier molecular flexibility index (Phi) is 6.24. The van der Waals surface area contributed by atoms with Crippen molar-refractivity contribution in [2.24, 2.45) is 5.16 Å². The average Bonchev–Trinajstić information content (AvgIpc) is 3.14. The zero-order valence-electron chi connectivity index (χ0n) is 13.8. The van der Waals surface area contributed by atoms with E-state index in [0.29, 0.717) is 5.92 Å². The van der Waals surface area contributed by atoms with Gasteiger partial charge in [-0.3, -0.25) is 0 Å². The molecule has 1 atom stereocenters. The molecule has 4 nitrogen and oxygen atoms in total. The maximum absolute atomic E-state index is 5.97. The molecule has 1 unspecified atom stereocenters. The van der Waals surface area contributed by atoms with E-state index in [4.69, 9.17) is 16.4 Å². The van der Waals surface area contributed by atoms with Crippen LogP contribution in [0, 0.1) is 0 Å². The van der Waals surface area contributed by atoms with Gasteiger partial charge >= 0.3 is 0 Å². The summed E-state index contributed by atoms with van der Waals surface area (Å²) in [5, 5.41) is 8.28. The van der Waals surface area contributed by atoms with E-state index in [1.165, 1.54) is 17.8 Å². The van der Waals surface area contributed by atoms with Crippen molar-refractivity contribution in [1.82, 2.24) is 9.88 Å². The lowest BCUT2D eigenvalue weighted by molar-refractivity contribution is 0.203. The molecule has 1 aliphatic rings. The SMILES string of the molecule is CO/N=C(/CCN1CCCC(c2nccs2)C1)c1ccc(Cl)cc1. The van der Waals surface area contributed by atoms with Crippen molar-refractivity contribution in [3.05, 3.63) is 51.4 Å². The minimum absolute atomic E-state index is 0.567. The lowest BCUT2D eigenvalue weighted by Gasteiger charge is -2.31. The van der Waals surface area contributed by atoms with Crippen molar-refractivity contribution in [2.75, 3.05) is 26.7 Å². The molecule has 1 aliphatic heterocycles. The van der Waals surface area contributed by atoms with E-state index in [0.717, 1.165) is 42.4 Å². The number of benzene rings is 1. The van der Waals surface area contributed by atoms with Crippen LogP contribution in [0.4, 0.5) is 0 Å². The monoisotopic (exact) mass is 363 g/mol. The van der Waals surface area contributed by atoms with Crippen LogP contribution in [0.25, 0.3) is 0 Å². The predicted octanol–water partition coefficient (Wildman–Crippen LogP) is 4.42. The molecule has 128 valence electrons. The van der Waals surface area contributed by atoms with Crippen LogP contribution in [0.1, 0.15) is 35.8 Å². The Labute approximate surface area is 152 Å². The summed E-state index contributed by atoms with van der Waals surface area (Å²) >= 11 is 7.74. The molecule has 0 N–H and O–H groups in total. The van der Waals surface area contributed by atoms with Crippen molar-refractivity contribution >= 4 is 28.6 Å². The second-order valence-corrected chi connectivity index (χ2v) is 7.35. The maximum atomic E-state index is 5.97. The fourth-order valence-electron chi connectivity index (χ4n) is 3.16. The molecule has 24 heavy (non-hydrogen) atoms. The fraction of sp³-hybridized carbons (Fsp3) is 0.444. The number of rotatable bonds is 6. The molecule has 0 saturated carbocycles. The van der Waals surface area contributed by atoms with E-state index in [-0.39, 0.29) is 0 Å². The number of likely N-dealkylation sites (tertiary alicyclic amines) is 1. The number of oxime groups is 1. The van der Waals surface area contributed by atoms with E-state index in [1.54, 1.807) is 18.4 Å². The highest BCUT2D eigenvalue weighted by atomic mass is 35.5. The van der Waals surface area contributed by atoms with Crippen molar-refractivity contribution in [3.8, 4) is 0 Å². The van der Waals surface area contributed by atoms with Crippen molar-refractivity contribution in [2.45, 2.75) is 25.2 Å². The summed E-state index contributed by atoms with van der Waals surface area (Å²) in [5.74, 6) is 0.567. The smallest absolute Gasteiger partial charge is 0.106 e. The van der Waals surface area contributed by atoms with Gasteiger partial charge in [-0.1, -0.05) is 28.9 Å². The molecular formula is C18H22ClN3OS. The fourth-order valence-corrected chi connectivity index (χ4v) is 4.05. The van der Waals surface area contributed by atoms with Gasteiger partial charge in [0.25, 0.3) is 0 Å². The topological polar surface area (TPSA) is 37.7 Å². The van der Waals surface area contributed by atoms with Gasteiger partial charge in [0, 0.05) is 42.0 Å². The third-order valence-electron chi connectivity index (χ3n) is 4.35. The molecule has 3 rings (SSSR count). The number of nitrogens with zero attached hydrogens (tertiary/aromatic N) is 3. The third-order valence-corrected chi connectivity index (χ3v) is 5.54. The van der Waals surface area contributed by atoms with Gasteiger partial charge in [0.05, 0.1) is 10.7 Å². The first-order valence-corrected chi connectivity index (χ1v) is 9.49. The van der Waals surface area contributed by atoms with Crippen LogP contribution in [0.15, 0.2) is 41.0 Å². The molecule has 1 aromatic carbocycles. The Balaban J connectivity index is 1.60. The number of hydrogen-bond donors (Lipinski definition) is 0. The maximum Gasteiger partial charge on any atom is 0.106 e. The largest absolute Gasteiger partial charge is 0.399 e. The van der Waals surface area contributed by atoms with E-state index >= 15 is 0 Å². The van der Waals surface area contributed by atoms with Gasteiger partial charge in [-0.15, -0.1) is 11.3 Å². The van der Waals surface area contributed by atoms with Crippen LogP contribution >= 0.6 is 22.9 Å². The first kappa shape index (κ1) is 17.4. The van der Waals surface area contributed by atoms with Crippen molar-refractivity contribution in [3.63, 3.8) is 0 Å². The van der Waals surface area contributed by atoms with Gasteiger partial charge in [0.2, 0.25) is 0 Å². The quantitative estimate of drug-likeness (QED) is 0.563. The molecule has 0 aliphatic carbocycles. The van der Waals surface area contributed by atoms with Gasteiger partial charge in [0.1, 0.15) is 7.11 Å². The first-order chi connectivity index (χ1) is 11.8. The summed E-state index contributed by atoms with van der Waals surface area (Å²) in [6, 6.07) is 7.77. The molecule has 0 spiro atoms. The summed E-state index contributed by atoms with van der Waals surface area (Å²) in [7, 11) is 1.59. The first-order valence-electron chi connectivity index (χ1n) is 8.24. The molecule has 2 aromatic rings. The zero-order valence-corrected chi connectivity index (χ0v) is 15.4. The number of hydrogen-bond acceptors (Lipinski definition) is 5. The Hall–Kier alpha value is -1.43. The normalized spacial score (nSPS) is 19.4. The van der Waals surface area contributed by atoms with Crippen LogP contribution in [0.5, 0.6) is 0 Å². The van der Waals surface area contributed by atoms with Gasteiger partial charge in [-0.2, -0.15) is 0 Å². The molecular weight excluding hydrogens is 342 g/mol. The summed E-state index contributed by atoms with van der Waals surface area (Å²) < 4.78 is 0. The lowest BCUT2D eigenvalue weighted by Crippen LogP contribution is -2.35. The van der Waals surface area contributed by atoms with Crippen LogP contribution < -0.4 is 0 Å². The standard InChI is InChI=1S/C18H22ClN3OS/c1-23-21-17(14-4-6-16(19)7-5-14)8-11-22-10-2-3-15(13-22)18-20-9-12-24-18/h4-7,9,12,15H,2-3,8,10-11,13H2,1H3/b21-17-. The number of halogens is 1. The highest BCUT2D eigenvalue weighted by molar-refractivity contribution is 7.09. The third kappa shape index (κ3) is 4.56. The Morgan fingerprint density at radius 1 is 1.42 bits per heavy atom. The minimum atomic E-state index is 0.567. The van der Waals surface area contributed by atoms with Crippen molar-refractivity contribution in [1.29, 1.82) is 0 Å². The van der Waals surface area contributed by atoms with Gasteiger partial charge in [0.15, 0.2) is 0 Å². The van der Waals surface area contributed by atoms with Gasteiger partial charge < -0.3 is 9.74 Å². The van der Waals surface area contributed by atoms with E-state index in [9.17, 15) is 0 Å². The number of aromatic nitrogens is 1. The summed E-state index contributed by atoms with van der Waals surface area (Å²) in [4.78, 5) is 12.0. The van der Waals surface area contributed by atoms with Crippen molar-refractivity contribution < 1.29 is 4.84 Å². The molecule has 0 bridgehead atoms. The molecule has 1 aromatic heterocycles. The Bertz CT molecular complexity index is 657. The Morgan fingerprint density at radius 3 is 2.96 bits per heavy atom. The lowest BCUT2D eigenvalue weighted by atomic mass is 9.98. The minimum Gasteiger partial charge on any atom is -0.399 e. The molecule has 1 fully saturated rings. The molecule has 2 heterocycles. The molecule has 0 radical (unpaired) electrons. The summed E-state index contributed by atoms with van der Waals surface area (Å²) in [6.07, 6.45) is 5.23. The van der Waals surface area contributed by atoms with Crippen LogP contribution in [0.2, 0.25) is 5.02 Å². The molecule has 6 heteroatoms. The highest BCUT2D eigenvalue weighted by Gasteiger charge is 2.23. The predicted molar refractivity (Wildman–Crippen MR) is 100 cm³/mol. The van der Waals surface area contributed by atoms with Gasteiger partial charge in [-0.05, 0) is 37.1 Å². The summed E-state index contributed by atoms with van der Waals surface area (Å²) in [6.45, 7) is 3.20. The number of thiazole rings is 1. The molecule has 0 amide bonds. The second-order valence-electron chi connectivity index (χ2n) is 5.99. The molecule has 1 saturated heterocycles.